The van der Waals surface area contributed by atoms with Gasteiger partial charge in [-0.25, -0.2) is 4.79 Å². The second kappa shape index (κ2) is 3.56. The van der Waals surface area contributed by atoms with E-state index in [-0.39, 0.29) is 5.56 Å². The zero-order chi connectivity index (χ0) is 9.14. The molecule has 0 amide bonds. The minimum absolute atomic E-state index is 0.169. The van der Waals surface area contributed by atoms with Crippen molar-refractivity contribution in [1.82, 2.24) is 0 Å². The van der Waals surface area contributed by atoms with Gasteiger partial charge >= 0.3 is 5.97 Å². The topological polar surface area (TPSA) is 63.3 Å². The maximum absolute atomic E-state index is 10.5. The van der Waals surface area contributed by atoms with Crippen molar-refractivity contribution in [3.05, 3.63) is 34.3 Å². The number of carbonyl (C=O) groups is 1. The molecule has 1 aromatic carbocycles. The first-order chi connectivity index (χ1) is 5.63. The van der Waals surface area contributed by atoms with Crippen LogP contribution in [0.5, 0.6) is 0 Å². The number of carboxylic acid groups (broad SMARTS) is 1. The van der Waals surface area contributed by atoms with E-state index < -0.39 is 5.97 Å². The Bertz CT molecular complexity index is 312. The third-order valence-electron chi connectivity index (χ3n) is 1.44. The summed E-state index contributed by atoms with van der Waals surface area (Å²) in [6, 6.07) is 4.55. The number of hydrogen-bond acceptors (Lipinski definition) is 2. The zero-order valence-electron chi connectivity index (χ0n) is 6.25. The third-order valence-corrected chi connectivity index (χ3v) is 1.66. The van der Waals surface area contributed by atoms with Crippen LogP contribution in [-0.2, 0) is 6.54 Å². The SMILES string of the molecule is NCc1cc(Cl)cc(C(=O)O)c1. The van der Waals surface area contributed by atoms with Crippen LogP contribution < -0.4 is 5.73 Å². The summed E-state index contributed by atoms with van der Waals surface area (Å²) in [5.74, 6) is -0.993. The van der Waals surface area contributed by atoms with Crippen molar-refractivity contribution in [3.8, 4) is 0 Å². The molecule has 0 spiro atoms. The molecule has 0 heterocycles. The molecule has 0 saturated heterocycles. The Morgan fingerprint density at radius 3 is 2.67 bits per heavy atom. The van der Waals surface area contributed by atoms with Crippen LogP contribution in [0.2, 0.25) is 5.02 Å². The summed E-state index contributed by atoms with van der Waals surface area (Å²) in [5.41, 5.74) is 6.23. The summed E-state index contributed by atoms with van der Waals surface area (Å²) in [7, 11) is 0. The Hall–Kier alpha value is -1.06. The molecular formula is C8H8ClNO2. The number of benzene rings is 1. The lowest BCUT2D eigenvalue weighted by molar-refractivity contribution is 0.0697. The summed E-state index contributed by atoms with van der Waals surface area (Å²) >= 11 is 5.65. The molecule has 12 heavy (non-hydrogen) atoms. The van der Waals surface area contributed by atoms with Crippen LogP contribution in [0, 0.1) is 0 Å². The van der Waals surface area contributed by atoms with Gasteiger partial charge in [0.1, 0.15) is 0 Å². The highest BCUT2D eigenvalue weighted by molar-refractivity contribution is 6.31. The van der Waals surface area contributed by atoms with Gasteiger partial charge in [0.15, 0.2) is 0 Å². The molecule has 0 radical (unpaired) electrons. The molecule has 0 atom stereocenters. The normalized spacial score (nSPS) is 9.83. The van der Waals surface area contributed by atoms with Gasteiger partial charge in [-0.1, -0.05) is 11.6 Å². The predicted octanol–water partition coefficient (Wildman–Crippen LogP) is 1.50. The first-order valence-corrected chi connectivity index (χ1v) is 3.74. The van der Waals surface area contributed by atoms with Crippen molar-refractivity contribution in [2.45, 2.75) is 6.54 Å². The molecule has 64 valence electrons. The Labute approximate surface area is 74.8 Å². The lowest BCUT2D eigenvalue weighted by Crippen LogP contribution is -2.01. The molecular weight excluding hydrogens is 178 g/mol. The Morgan fingerprint density at radius 1 is 1.50 bits per heavy atom. The third kappa shape index (κ3) is 1.96. The number of nitrogens with two attached hydrogens (primary N) is 1. The standard InChI is InChI=1S/C8H8ClNO2/c9-7-2-5(4-10)1-6(3-7)8(11)12/h1-3H,4,10H2,(H,11,12). The summed E-state index contributed by atoms with van der Waals surface area (Å²) in [6.45, 7) is 0.292. The van der Waals surface area contributed by atoms with Crippen molar-refractivity contribution in [1.29, 1.82) is 0 Å². The van der Waals surface area contributed by atoms with Gasteiger partial charge in [0.2, 0.25) is 0 Å². The van der Waals surface area contributed by atoms with E-state index in [9.17, 15) is 4.79 Å². The van der Waals surface area contributed by atoms with Crippen molar-refractivity contribution < 1.29 is 9.90 Å². The van der Waals surface area contributed by atoms with Crippen molar-refractivity contribution in [3.63, 3.8) is 0 Å². The maximum atomic E-state index is 10.5. The van der Waals surface area contributed by atoms with Gasteiger partial charge in [-0.2, -0.15) is 0 Å². The average molecular weight is 186 g/mol. The fourth-order valence-electron chi connectivity index (χ4n) is 0.892. The van der Waals surface area contributed by atoms with Crippen LogP contribution in [0.25, 0.3) is 0 Å². The number of halogens is 1. The smallest absolute Gasteiger partial charge is 0.335 e. The number of rotatable bonds is 2. The minimum atomic E-state index is -0.993. The van der Waals surface area contributed by atoms with Crippen LogP contribution >= 0.6 is 11.6 Å². The Balaban J connectivity index is 3.15. The first-order valence-electron chi connectivity index (χ1n) is 3.36. The van der Waals surface area contributed by atoms with Crippen LogP contribution in [0.3, 0.4) is 0 Å². The van der Waals surface area contributed by atoms with Crippen molar-refractivity contribution in [2.75, 3.05) is 0 Å². The molecule has 0 saturated carbocycles. The van der Waals surface area contributed by atoms with Crippen LogP contribution in [0.4, 0.5) is 0 Å². The quantitative estimate of drug-likeness (QED) is 0.734. The minimum Gasteiger partial charge on any atom is -0.478 e. The van der Waals surface area contributed by atoms with Gasteiger partial charge in [-0.15, -0.1) is 0 Å². The van der Waals surface area contributed by atoms with Gasteiger partial charge in [0.05, 0.1) is 5.56 Å². The summed E-state index contributed by atoms with van der Waals surface area (Å²) in [6.07, 6.45) is 0. The van der Waals surface area contributed by atoms with E-state index in [0.29, 0.717) is 11.6 Å². The lowest BCUT2D eigenvalue weighted by Gasteiger charge is -2.00. The largest absolute Gasteiger partial charge is 0.478 e. The molecule has 0 aliphatic carbocycles. The van der Waals surface area contributed by atoms with E-state index in [4.69, 9.17) is 22.4 Å². The van der Waals surface area contributed by atoms with Gasteiger partial charge in [-0.05, 0) is 23.8 Å². The molecule has 0 aliphatic rings. The summed E-state index contributed by atoms with van der Waals surface area (Å²) < 4.78 is 0. The van der Waals surface area contributed by atoms with Gasteiger partial charge in [0, 0.05) is 11.6 Å². The van der Waals surface area contributed by atoms with Gasteiger partial charge < -0.3 is 10.8 Å². The predicted molar refractivity (Wildman–Crippen MR) is 46.3 cm³/mol. The Kier molecular flexibility index (Phi) is 2.68. The summed E-state index contributed by atoms with van der Waals surface area (Å²) in [5, 5.41) is 9.03. The van der Waals surface area contributed by atoms with Gasteiger partial charge in [0.25, 0.3) is 0 Å². The van der Waals surface area contributed by atoms with Crippen molar-refractivity contribution in [2.24, 2.45) is 5.73 Å². The highest BCUT2D eigenvalue weighted by Gasteiger charge is 2.04. The second-order valence-corrected chi connectivity index (χ2v) is 2.79. The van der Waals surface area contributed by atoms with Crippen molar-refractivity contribution >= 4 is 17.6 Å². The molecule has 4 heteroatoms. The average Bonchev–Trinajstić information content (AvgIpc) is 2.03. The van der Waals surface area contributed by atoms with E-state index >= 15 is 0 Å². The number of aromatic carboxylic acids is 1. The molecule has 0 aliphatic heterocycles. The van der Waals surface area contributed by atoms with Crippen LogP contribution in [0.15, 0.2) is 18.2 Å². The Morgan fingerprint density at radius 2 is 2.17 bits per heavy atom. The van der Waals surface area contributed by atoms with E-state index in [1.54, 1.807) is 6.07 Å². The van der Waals surface area contributed by atoms with E-state index in [1.807, 2.05) is 0 Å². The highest BCUT2D eigenvalue weighted by atomic mass is 35.5. The molecule has 1 rings (SSSR count). The number of hydrogen-bond donors (Lipinski definition) is 2. The second-order valence-electron chi connectivity index (χ2n) is 2.36. The molecule has 0 bridgehead atoms. The summed E-state index contributed by atoms with van der Waals surface area (Å²) in [4.78, 5) is 10.5. The van der Waals surface area contributed by atoms with Crippen LogP contribution in [0.1, 0.15) is 15.9 Å². The van der Waals surface area contributed by atoms with E-state index in [1.165, 1.54) is 12.1 Å². The molecule has 3 nitrogen and oxygen atoms in total. The monoisotopic (exact) mass is 185 g/mol. The molecule has 0 unspecified atom stereocenters. The molecule has 0 aromatic heterocycles. The first kappa shape index (κ1) is 9.03. The van der Waals surface area contributed by atoms with Crippen LogP contribution in [-0.4, -0.2) is 11.1 Å². The maximum Gasteiger partial charge on any atom is 0.335 e. The van der Waals surface area contributed by atoms with Gasteiger partial charge in [-0.3, -0.25) is 0 Å². The molecule has 0 fully saturated rings. The lowest BCUT2D eigenvalue weighted by atomic mass is 10.1. The molecule has 3 N–H and O–H groups in total. The number of carboxylic acids is 1. The van der Waals surface area contributed by atoms with E-state index in [0.717, 1.165) is 5.56 Å². The highest BCUT2D eigenvalue weighted by Crippen LogP contribution is 2.14. The fraction of sp³-hybridized carbons (Fsp3) is 0.125. The fourth-order valence-corrected chi connectivity index (χ4v) is 1.15. The zero-order valence-corrected chi connectivity index (χ0v) is 7.01. The van der Waals surface area contributed by atoms with E-state index in [2.05, 4.69) is 0 Å². The molecule has 1 aromatic rings.